The second-order valence-corrected chi connectivity index (χ2v) is 6.65. The number of sulfonamides is 1. The van der Waals surface area contributed by atoms with Gasteiger partial charge in [0.1, 0.15) is 5.75 Å². The first-order valence-corrected chi connectivity index (χ1v) is 8.11. The Morgan fingerprint density at radius 3 is 2.38 bits per heavy atom. The minimum Gasteiger partial charge on any atom is -0.496 e. The van der Waals surface area contributed by atoms with Crippen LogP contribution in [0.4, 0.5) is 0 Å². The molecule has 0 aliphatic heterocycles. The average Bonchev–Trinajstić information content (AvgIpc) is 2.46. The molecule has 4 nitrogen and oxygen atoms in total. The monoisotopic (exact) mass is 305 g/mol. The summed E-state index contributed by atoms with van der Waals surface area (Å²) in [5.74, 6) is 0.674. The zero-order valence-electron chi connectivity index (χ0n) is 12.4. The Balaban J connectivity index is 2.19. The molecule has 0 radical (unpaired) electrons. The third kappa shape index (κ3) is 3.62. The normalized spacial score (nSPS) is 11.4. The van der Waals surface area contributed by atoms with Crippen molar-refractivity contribution in [3.63, 3.8) is 0 Å². The Morgan fingerprint density at radius 2 is 1.76 bits per heavy atom. The molecule has 1 N–H and O–H groups in total. The van der Waals surface area contributed by atoms with E-state index in [1.54, 1.807) is 25.3 Å². The summed E-state index contributed by atoms with van der Waals surface area (Å²) in [7, 11) is -1.97. The van der Waals surface area contributed by atoms with Crippen molar-refractivity contribution in [3.8, 4) is 5.75 Å². The Morgan fingerprint density at radius 1 is 1.05 bits per heavy atom. The van der Waals surface area contributed by atoms with Gasteiger partial charge in [0, 0.05) is 6.54 Å². The van der Waals surface area contributed by atoms with Gasteiger partial charge < -0.3 is 4.74 Å². The van der Waals surface area contributed by atoms with Crippen molar-refractivity contribution in [2.24, 2.45) is 0 Å². The zero-order chi connectivity index (χ0) is 15.5. The first-order chi connectivity index (χ1) is 9.94. The molecule has 0 aromatic heterocycles. The van der Waals surface area contributed by atoms with Crippen molar-refractivity contribution in [1.82, 2.24) is 4.72 Å². The number of rotatable bonds is 5. The largest absolute Gasteiger partial charge is 0.496 e. The number of methoxy groups -OCH3 is 1. The third-order valence-electron chi connectivity index (χ3n) is 3.39. The molecule has 0 amide bonds. The van der Waals surface area contributed by atoms with E-state index in [0.717, 1.165) is 16.7 Å². The quantitative estimate of drug-likeness (QED) is 0.924. The summed E-state index contributed by atoms with van der Waals surface area (Å²) in [5.41, 5.74) is 2.81. The van der Waals surface area contributed by atoms with Crippen LogP contribution in [0.15, 0.2) is 47.4 Å². The summed E-state index contributed by atoms with van der Waals surface area (Å²) in [6, 6.07) is 12.5. The van der Waals surface area contributed by atoms with Gasteiger partial charge in [-0.2, -0.15) is 0 Å². The van der Waals surface area contributed by atoms with Crippen LogP contribution >= 0.6 is 0 Å². The fourth-order valence-electron chi connectivity index (χ4n) is 2.08. The van der Waals surface area contributed by atoms with Gasteiger partial charge in [0.05, 0.1) is 12.0 Å². The zero-order valence-corrected chi connectivity index (χ0v) is 13.2. The Hall–Kier alpha value is -1.85. The highest BCUT2D eigenvalue weighted by Crippen LogP contribution is 2.21. The van der Waals surface area contributed by atoms with E-state index in [9.17, 15) is 8.42 Å². The molecule has 0 saturated carbocycles. The molecule has 0 unspecified atom stereocenters. The van der Waals surface area contributed by atoms with Gasteiger partial charge in [0.15, 0.2) is 0 Å². The van der Waals surface area contributed by atoms with Crippen molar-refractivity contribution < 1.29 is 13.2 Å². The first-order valence-electron chi connectivity index (χ1n) is 6.63. The highest BCUT2D eigenvalue weighted by molar-refractivity contribution is 7.89. The van der Waals surface area contributed by atoms with E-state index in [1.165, 1.54) is 0 Å². The molecule has 2 aromatic carbocycles. The molecule has 0 spiro atoms. The van der Waals surface area contributed by atoms with Crippen molar-refractivity contribution in [3.05, 3.63) is 59.2 Å². The molecular formula is C16H19NO3S. The van der Waals surface area contributed by atoms with Gasteiger partial charge in [-0.05, 0) is 48.7 Å². The predicted molar refractivity (Wildman–Crippen MR) is 82.9 cm³/mol. The Kier molecular flexibility index (Phi) is 4.65. The summed E-state index contributed by atoms with van der Waals surface area (Å²) in [5, 5.41) is 0. The molecule has 0 bridgehead atoms. The van der Waals surface area contributed by atoms with Crippen LogP contribution in [-0.2, 0) is 16.6 Å². The number of hydrogen-bond donors (Lipinski definition) is 1. The number of benzene rings is 2. The highest BCUT2D eigenvalue weighted by atomic mass is 32.2. The SMILES string of the molecule is COc1ccc(S(=O)(=O)NCc2ccccc2C)cc1C. The maximum absolute atomic E-state index is 12.3. The fourth-order valence-corrected chi connectivity index (χ4v) is 3.17. The topological polar surface area (TPSA) is 55.4 Å². The van der Waals surface area contributed by atoms with Crippen molar-refractivity contribution in [2.45, 2.75) is 25.3 Å². The van der Waals surface area contributed by atoms with Crippen LogP contribution in [0.25, 0.3) is 0 Å². The molecule has 0 atom stereocenters. The van der Waals surface area contributed by atoms with Crippen molar-refractivity contribution >= 4 is 10.0 Å². The van der Waals surface area contributed by atoms with Crippen LogP contribution in [0.3, 0.4) is 0 Å². The second-order valence-electron chi connectivity index (χ2n) is 4.88. The Labute approximate surface area is 125 Å². The summed E-state index contributed by atoms with van der Waals surface area (Å²) in [6.07, 6.45) is 0. The molecule has 112 valence electrons. The van der Waals surface area contributed by atoms with Crippen LogP contribution in [0.5, 0.6) is 5.75 Å². The molecule has 0 aliphatic rings. The fraction of sp³-hybridized carbons (Fsp3) is 0.250. The molecule has 0 saturated heterocycles. The van der Waals surface area contributed by atoms with Crippen molar-refractivity contribution in [1.29, 1.82) is 0 Å². The molecule has 2 rings (SSSR count). The summed E-state index contributed by atoms with van der Waals surface area (Å²) in [6.45, 7) is 4.06. The van der Waals surface area contributed by atoms with Gasteiger partial charge in [0.25, 0.3) is 0 Å². The van der Waals surface area contributed by atoms with E-state index in [-0.39, 0.29) is 11.4 Å². The smallest absolute Gasteiger partial charge is 0.240 e. The highest BCUT2D eigenvalue weighted by Gasteiger charge is 2.15. The van der Waals surface area contributed by atoms with E-state index in [0.29, 0.717) is 5.75 Å². The summed E-state index contributed by atoms with van der Waals surface area (Å²) >= 11 is 0. The molecular weight excluding hydrogens is 286 g/mol. The predicted octanol–water partition coefficient (Wildman–Crippen LogP) is 2.79. The molecule has 5 heteroatoms. The maximum Gasteiger partial charge on any atom is 0.240 e. The summed E-state index contributed by atoms with van der Waals surface area (Å²) in [4.78, 5) is 0.245. The number of nitrogens with one attached hydrogen (secondary N) is 1. The van der Waals surface area contributed by atoms with Crippen LogP contribution < -0.4 is 9.46 Å². The molecule has 0 fully saturated rings. The van der Waals surface area contributed by atoms with Crippen LogP contribution in [-0.4, -0.2) is 15.5 Å². The van der Waals surface area contributed by atoms with E-state index in [1.807, 2.05) is 38.1 Å². The van der Waals surface area contributed by atoms with Gasteiger partial charge in [-0.1, -0.05) is 24.3 Å². The average molecular weight is 305 g/mol. The van der Waals surface area contributed by atoms with Crippen LogP contribution in [0, 0.1) is 13.8 Å². The van der Waals surface area contributed by atoms with Gasteiger partial charge >= 0.3 is 0 Å². The molecule has 0 heterocycles. The van der Waals surface area contributed by atoms with E-state index >= 15 is 0 Å². The van der Waals surface area contributed by atoms with Crippen LogP contribution in [0.2, 0.25) is 0 Å². The third-order valence-corrected chi connectivity index (χ3v) is 4.79. The number of hydrogen-bond acceptors (Lipinski definition) is 3. The van der Waals surface area contributed by atoms with Gasteiger partial charge in [-0.25, -0.2) is 13.1 Å². The van der Waals surface area contributed by atoms with E-state index in [2.05, 4.69) is 4.72 Å². The van der Waals surface area contributed by atoms with E-state index < -0.39 is 10.0 Å². The minimum atomic E-state index is -3.53. The van der Waals surface area contributed by atoms with E-state index in [4.69, 9.17) is 4.74 Å². The Bertz CT molecular complexity index is 739. The maximum atomic E-state index is 12.3. The van der Waals surface area contributed by atoms with Gasteiger partial charge in [-0.3, -0.25) is 0 Å². The minimum absolute atomic E-state index is 0.245. The first kappa shape index (κ1) is 15.5. The molecule has 2 aromatic rings. The van der Waals surface area contributed by atoms with Crippen molar-refractivity contribution in [2.75, 3.05) is 7.11 Å². The summed E-state index contributed by atoms with van der Waals surface area (Å²) < 4.78 is 32.4. The number of ether oxygens (including phenoxy) is 1. The second kappa shape index (κ2) is 6.28. The standard InChI is InChI=1S/C16H19NO3S/c1-12-6-4-5-7-14(12)11-17-21(18,19)15-8-9-16(20-3)13(2)10-15/h4-10,17H,11H2,1-3H3. The van der Waals surface area contributed by atoms with Gasteiger partial charge in [-0.15, -0.1) is 0 Å². The lowest BCUT2D eigenvalue weighted by atomic mass is 10.1. The lowest BCUT2D eigenvalue weighted by Gasteiger charge is -2.11. The lowest BCUT2D eigenvalue weighted by molar-refractivity contribution is 0.411. The van der Waals surface area contributed by atoms with Crippen LogP contribution in [0.1, 0.15) is 16.7 Å². The lowest BCUT2D eigenvalue weighted by Crippen LogP contribution is -2.23. The molecule has 0 aliphatic carbocycles. The number of aryl methyl sites for hydroxylation is 2. The van der Waals surface area contributed by atoms with Gasteiger partial charge in [0.2, 0.25) is 10.0 Å². The molecule has 21 heavy (non-hydrogen) atoms.